The summed E-state index contributed by atoms with van der Waals surface area (Å²) >= 11 is 0. The summed E-state index contributed by atoms with van der Waals surface area (Å²) in [6, 6.07) is 10.2. The Morgan fingerprint density at radius 3 is 2.63 bits per heavy atom. The number of rotatable bonds is 7. The number of aryl methyl sites for hydroxylation is 2. The summed E-state index contributed by atoms with van der Waals surface area (Å²) in [5, 5.41) is 9.17. The Balaban J connectivity index is 1.89. The van der Waals surface area contributed by atoms with E-state index in [-0.39, 0.29) is 6.61 Å². The van der Waals surface area contributed by atoms with E-state index in [1.807, 2.05) is 37.5 Å². The predicted molar refractivity (Wildman–Crippen MR) is 77.3 cm³/mol. The first-order valence-corrected chi connectivity index (χ1v) is 6.70. The zero-order valence-electron chi connectivity index (χ0n) is 11.4. The summed E-state index contributed by atoms with van der Waals surface area (Å²) in [6.45, 7) is 4.76. The van der Waals surface area contributed by atoms with Crippen molar-refractivity contribution in [2.45, 2.75) is 19.9 Å². The number of anilines is 1. The molecule has 2 rings (SSSR count). The third kappa shape index (κ3) is 3.83. The lowest BCUT2D eigenvalue weighted by Gasteiger charge is -2.24. The van der Waals surface area contributed by atoms with Gasteiger partial charge >= 0.3 is 0 Å². The molecule has 0 radical (unpaired) electrons. The van der Waals surface area contributed by atoms with Crippen molar-refractivity contribution >= 4 is 5.69 Å². The van der Waals surface area contributed by atoms with Gasteiger partial charge in [0.2, 0.25) is 0 Å². The van der Waals surface area contributed by atoms with Crippen LogP contribution < -0.4 is 4.90 Å². The van der Waals surface area contributed by atoms with Crippen molar-refractivity contribution in [3.8, 4) is 0 Å². The number of aliphatic hydroxyl groups excluding tert-OH is 1. The average molecular weight is 259 g/mol. The van der Waals surface area contributed by atoms with Crippen LogP contribution in [-0.4, -0.2) is 34.4 Å². The number of para-hydroxylation sites is 1. The summed E-state index contributed by atoms with van der Waals surface area (Å²) in [4.78, 5) is 6.43. The van der Waals surface area contributed by atoms with Gasteiger partial charge in [-0.05, 0) is 25.5 Å². The van der Waals surface area contributed by atoms with Crippen molar-refractivity contribution in [1.82, 2.24) is 9.55 Å². The van der Waals surface area contributed by atoms with Gasteiger partial charge in [0.25, 0.3) is 0 Å². The van der Waals surface area contributed by atoms with E-state index >= 15 is 0 Å². The quantitative estimate of drug-likeness (QED) is 0.827. The molecular formula is C15H21N3O. The Kier molecular flexibility index (Phi) is 4.98. The Labute approximate surface area is 114 Å². The van der Waals surface area contributed by atoms with E-state index in [0.29, 0.717) is 6.54 Å². The van der Waals surface area contributed by atoms with Crippen LogP contribution in [0.15, 0.2) is 42.7 Å². The predicted octanol–water partition coefficient (Wildman–Crippen LogP) is 2.08. The van der Waals surface area contributed by atoms with Crippen molar-refractivity contribution in [2.24, 2.45) is 0 Å². The van der Waals surface area contributed by atoms with E-state index in [0.717, 1.165) is 25.3 Å². The lowest BCUT2D eigenvalue weighted by molar-refractivity contribution is 0.301. The van der Waals surface area contributed by atoms with Crippen LogP contribution in [0.1, 0.15) is 12.2 Å². The first kappa shape index (κ1) is 13.6. The molecule has 102 valence electrons. The fraction of sp³-hybridized carbons (Fsp3) is 0.400. The SMILES string of the molecule is Cc1nccn1CCCN(CCO)c1ccccc1. The van der Waals surface area contributed by atoms with Gasteiger partial charge in [0, 0.05) is 37.7 Å². The van der Waals surface area contributed by atoms with Gasteiger partial charge in [-0.15, -0.1) is 0 Å². The molecule has 1 N–H and O–H groups in total. The standard InChI is InChI=1S/C15H21N3O/c1-14-16-8-11-17(14)9-5-10-18(12-13-19)15-6-3-2-4-7-15/h2-4,6-8,11,19H,5,9-10,12-13H2,1H3. The summed E-state index contributed by atoms with van der Waals surface area (Å²) in [7, 11) is 0. The van der Waals surface area contributed by atoms with E-state index in [2.05, 4.69) is 26.6 Å². The molecule has 2 aromatic rings. The molecule has 0 saturated heterocycles. The second-order valence-corrected chi connectivity index (χ2v) is 4.57. The van der Waals surface area contributed by atoms with Crippen molar-refractivity contribution in [3.05, 3.63) is 48.5 Å². The topological polar surface area (TPSA) is 41.3 Å². The molecule has 1 heterocycles. The molecule has 0 bridgehead atoms. The number of hydrogen-bond acceptors (Lipinski definition) is 3. The number of benzene rings is 1. The molecule has 0 saturated carbocycles. The number of imidazole rings is 1. The van der Waals surface area contributed by atoms with Gasteiger partial charge in [0.15, 0.2) is 0 Å². The maximum atomic E-state index is 9.17. The van der Waals surface area contributed by atoms with Crippen molar-refractivity contribution in [1.29, 1.82) is 0 Å². The van der Waals surface area contributed by atoms with Gasteiger partial charge in [-0.2, -0.15) is 0 Å². The van der Waals surface area contributed by atoms with Crippen LogP contribution >= 0.6 is 0 Å². The van der Waals surface area contributed by atoms with Crippen LogP contribution in [-0.2, 0) is 6.54 Å². The van der Waals surface area contributed by atoms with Crippen LogP contribution in [0.4, 0.5) is 5.69 Å². The largest absolute Gasteiger partial charge is 0.395 e. The number of aromatic nitrogens is 2. The van der Waals surface area contributed by atoms with Crippen molar-refractivity contribution in [2.75, 3.05) is 24.6 Å². The summed E-state index contributed by atoms with van der Waals surface area (Å²) in [5.41, 5.74) is 1.17. The molecule has 4 heteroatoms. The van der Waals surface area contributed by atoms with Gasteiger partial charge in [0.05, 0.1) is 6.61 Å². The maximum Gasteiger partial charge on any atom is 0.105 e. The van der Waals surface area contributed by atoms with Gasteiger partial charge in [-0.25, -0.2) is 4.98 Å². The van der Waals surface area contributed by atoms with Crippen LogP contribution in [0.2, 0.25) is 0 Å². The van der Waals surface area contributed by atoms with Crippen LogP contribution in [0.5, 0.6) is 0 Å². The summed E-state index contributed by atoms with van der Waals surface area (Å²) < 4.78 is 2.15. The number of nitrogens with zero attached hydrogens (tertiary/aromatic N) is 3. The lowest BCUT2D eigenvalue weighted by Crippen LogP contribution is -2.28. The Morgan fingerprint density at radius 1 is 1.21 bits per heavy atom. The monoisotopic (exact) mass is 259 g/mol. The molecule has 0 aliphatic rings. The van der Waals surface area contributed by atoms with Gasteiger partial charge in [-0.3, -0.25) is 0 Å². The molecule has 1 aromatic heterocycles. The van der Waals surface area contributed by atoms with Gasteiger partial charge in [0.1, 0.15) is 5.82 Å². The fourth-order valence-corrected chi connectivity index (χ4v) is 2.20. The first-order chi connectivity index (χ1) is 9.31. The second kappa shape index (κ2) is 6.95. The molecule has 0 fully saturated rings. The second-order valence-electron chi connectivity index (χ2n) is 4.57. The lowest BCUT2D eigenvalue weighted by atomic mass is 10.2. The molecule has 0 atom stereocenters. The maximum absolute atomic E-state index is 9.17. The number of aliphatic hydroxyl groups is 1. The molecular weight excluding hydrogens is 238 g/mol. The minimum atomic E-state index is 0.180. The van der Waals surface area contributed by atoms with Crippen LogP contribution in [0.25, 0.3) is 0 Å². The fourth-order valence-electron chi connectivity index (χ4n) is 2.20. The Hall–Kier alpha value is -1.81. The Morgan fingerprint density at radius 2 is 2.00 bits per heavy atom. The highest BCUT2D eigenvalue weighted by molar-refractivity contribution is 5.45. The molecule has 1 aromatic carbocycles. The molecule has 0 amide bonds. The molecule has 0 spiro atoms. The first-order valence-electron chi connectivity index (χ1n) is 6.70. The van der Waals surface area contributed by atoms with Crippen LogP contribution in [0, 0.1) is 6.92 Å². The average Bonchev–Trinajstić information content (AvgIpc) is 2.84. The summed E-state index contributed by atoms with van der Waals surface area (Å²) in [5.74, 6) is 1.05. The Bertz CT molecular complexity index is 481. The molecule has 4 nitrogen and oxygen atoms in total. The minimum absolute atomic E-state index is 0.180. The third-order valence-electron chi connectivity index (χ3n) is 3.24. The molecule has 0 aliphatic carbocycles. The molecule has 19 heavy (non-hydrogen) atoms. The normalized spacial score (nSPS) is 10.6. The van der Waals surface area contributed by atoms with E-state index in [4.69, 9.17) is 5.11 Å². The smallest absolute Gasteiger partial charge is 0.105 e. The highest BCUT2D eigenvalue weighted by atomic mass is 16.3. The van der Waals surface area contributed by atoms with E-state index < -0.39 is 0 Å². The summed E-state index contributed by atoms with van der Waals surface area (Å²) in [6.07, 6.45) is 4.87. The van der Waals surface area contributed by atoms with E-state index in [1.165, 1.54) is 5.69 Å². The molecule has 0 unspecified atom stereocenters. The number of hydrogen-bond donors (Lipinski definition) is 1. The zero-order valence-corrected chi connectivity index (χ0v) is 11.4. The minimum Gasteiger partial charge on any atom is -0.395 e. The van der Waals surface area contributed by atoms with Crippen molar-refractivity contribution < 1.29 is 5.11 Å². The molecule has 0 aliphatic heterocycles. The van der Waals surface area contributed by atoms with E-state index in [1.54, 1.807) is 0 Å². The van der Waals surface area contributed by atoms with Gasteiger partial charge < -0.3 is 14.6 Å². The zero-order chi connectivity index (χ0) is 13.5. The highest BCUT2D eigenvalue weighted by Gasteiger charge is 2.05. The van der Waals surface area contributed by atoms with Crippen molar-refractivity contribution in [3.63, 3.8) is 0 Å². The van der Waals surface area contributed by atoms with Gasteiger partial charge in [-0.1, -0.05) is 18.2 Å². The van der Waals surface area contributed by atoms with E-state index in [9.17, 15) is 0 Å². The highest BCUT2D eigenvalue weighted by Crippen LogP contribution is 2.13. The van der Waals surface area contributed by atoms with Crippen LogP contribution in [0.3, 0.4) is 0 Å². The third-order valence-corrected chi connectivity index (χ3v) is 3.24.